The van der Waals surface area contributed by atoms with Crippen molar-refractivity contribution in [2.75, 3.05) is 0 Å². The number of nitrogens with zero attached hydrogens (tertiary/aromatic N) is 2. The Balaban J connectivity index is 2.39. The highest BCUT2D eigenvalue weighted by Crippen LogP contribution is 2.46. The van der Waals surface area contributed by atoms with E-state index >= 15 is 0 Å². The molecule has 0 aromatic carbocycles. The Morgan fingerprint density at radius 1 is 0.824 bits per heavy atom. The maximum Gasteiger partial charge on any atom is 0.102 e. The van der Waals surface area contributed by atoms with Crippen molar-refractivity contribution < 1.29 is 0 Å². The lowest BCUT2D eigenvalue weighted by molar-refractivity contribution is 0.657. The monoisotopic (exact) mass is 448 g/mol. The van der Waals surface area contributed by atoms with Gasteiger partial charge in [0.2, 0.25) is 0 Å². The highest BCUT2D eigenvalue weighted by Gasteiger charge is 2.37. The third kappa shape index (κ3) is 1.71. The zero-order chi connectivity index (χ0) is 12.2. The van der Waals surface area contributed by atoms with Gasteiger partial charge >= 0.3 is 0 Å². The normalized spacial score (nSPS) is 15.5. The zero-order valence-corrected chi connectivity index (χ0v) is 13.8. The van der Waals surface area contributed by atoms with Gasteiger partial charge in [0, 0.05) is 5.41 Å². The lowest BCUT2D eigenvalue weighted by atomic mass is 9.83. The highest BCUT2D eigenvalue weighted by atomic mass is 127. The molecule has 2 aromatic heterocycles. The predicted molar refractivity (Wildman–Crippen MR) is 85.0 cm³/mol. The number of pyridine rings is 2. The van der Waals surface area contributed by atoms with Gasteiger partial charge in [-0.25, -0.2) is 9.97 Å². The van der Waals surface area contributed by atoms with E-state index in [2.05, 4.69) is 93.3 Å². The van der Waals surface area contributed by atoms with Crippen LogP contribution in [0.3, 0.4) is 0 Å². The summed E-state index contributed by atoms with van der Waals surface area (Å²) in [5.41, 5.74) is 4.68. The maximum atomic E-state index is 4.65. The Hall–Kier alpha value is -0.240. The quantitative estimate of drug-likeness (QED) is 0.450. The molecule has 0 bridgehead atoms. The van der Waals surface area contributed by atoms with Crippen LogP contribution in [0.5, 0.6) is 0 Å². The molecule has 0 N–H and O–H groups in total. The maximum absolute atomic E-state index is 4.65. The minimum absolute atomic E-state index is 0.0132. The molecule has 0 atom stereocenters. The van der Waals surface area contributed by atoms with Crippen molar-refractivity contribution in [3.63, 3.8) is 0 Å². The SMILES string of the molecule is CC1(C)c2ccc(I)nc2-c2nc(I)ccc21. The van der Waals surface area contributed by atoms with E-state index < -0.39 is 0 Å². The molecule has 0 radical (unpaired) electrons. The Bertz CT molecular complexity index is 567. The number of fused-ring (bicyclic) bond motifs is 3. The fraction of sp³-hybridized carbons (Fsp3) is 0.231. The first kappa shape index (κ1) is 11.8. The van der Waals surface area contributed by atoms with Gasteiger partial charge in [0.15, 0.2) is 0 Å². The molecule has 0 aliphatic heterocycles. The van der Waals surface area contributed by atoms with Crippen LogP contribution in [0.15, 0.2) is 24.3 Å². The molecule has 2 heterocycles. The first-order chi connectivity index (χ1) is 8.00. The Morgan fingerprint density at radius 2 is 1.24 bits per heavy atom. The van der Waals surface area contributed by atoms with Crippen LogP contribution in [-0.2, 0) is 5.41 Å². The van der Waals surface area contributed by atoms with Crippen LogP contribution in [0, 0.1) is 7.40 Å². The Labute approximate surface area is 128 Å². The fourth-order valence-corrected chi connectivity index (χ4v) is 3.23. The van der Waals surface area contributed by atoms with Gasteiger partial charge in [0.05, 0.1) is 11.4 Å². The average Bonchev–Trinajstić information content (AvgIpc) is 2.47. The summed E-state index contributed by atoms with van der Waals surface area (Å²) < 4.78 is 2.04. The molecule has 0 saturated carbocycles. The van der Waals surface area contributed by atoms with E-state index in [0.717, 1.165) is 18.8 Å². The Kier molecular flexibility index (Phi) is 2.70. The smallest absolute Gasteiger partial charge is 0.102 e. The minimum atomic E-state index is 0.0132. The molecule has 0 saturated heterocycles. The highest BCUT2D eigenvalue weighted by molar-refractivity contribution is 14.1. The summed E-state index contributed by atoms with van der Waals surface area (Å²) in [7, 11) is 0. The number of rotatable bonds is 0. The molecular weight excluding hydrogens is 438 g/mol. The average molecular weight is 448 g/mol. The molecule has 2 nitrogen and oxygen atoms in total. The van der Waals surface area contributed by atoms with Gasteiger partial charge in [-0.05, 0) is 68.4 Å². The summed E-state index contributed by atoms with van der Waals surface area (Å²) in [6.45, 7) is 4.47. The topological polar surface area (TPSA) is 25.8 Å². The van der Waals surface area contributed by atoms with Crippen molar-refractivity contribution in [2.45, 2.75) is 19.3 Å². The molecule has 0 amide bonds. The molecule has 0 spiro atoms. The molecule has 86 valence electrons. The first-order valence-electron chi connectivity index (χ1n) is 5.34. The van der Waals surface area contributed by atoms with Crippen molar-refractivity contribution in [3.05, 3.63) is 42.8 Å². The Morgan fingerprint density at radius 3 is 1.65 bits per heavy atom. The third-order valence-electron chi connectivity index (χ3n) is 3.29. The van der Waals surface area contributed by atoms with Gasteiger partial charge in [-0.3, -0.25) is 0 Å². The van der Waals surface area contributed by atoms with Gasteiger partial charge in [-0.1, -0.05) is 26.0 Å². The molecule has 2 aromatic rings. The minimum Gasteiger partial charge on any atom is -0.240 e. The summed E-state index contributed by atoms with van der Waals surface area (Å²) in [6.07, 6.45) is 0. The van der Waals surface area contributed by atoms with Gasteiger partial charge in [0.1, 0.15) is 7.40 Å². The second-order valence-corrected chi connectivity index (χ2v) is 6.90. The number of hydrogen-bond donors (Lipinski definition) is 0. The second kappa shape index (κ2) is 3.88. The molecule has 1 aliphatic rings. The molecule has 0 fully saturated rings. The van der Waals surface area contributed by atoms with Crippen molar-refractivity contribution in [1.29, 1.82) is 0 Å². The van der Waals surface area contributed by atoms with E-state index in [1.807, 2.05) is 0 Å². The van der Waals surface area contributed by atoms with Gasteiger partial charge in [-0.2, -0.15) is 0 Å². The van der Waals surface area contributed by atoms with Crippen molar-refractivity contribution in [1.82, 2.24) is 9.97 Å². The van der Waals surface area contributed by atoms with E-state index in [-0.39, 0.29) is 5.41 Å². The summed E-state index contributed by atoms with van der Waals surface area (Å²) in [4.78, 5) is 9.31. The number of hydrogen-bond acceptors (Lipinski definition) is 2. The van der Waals surface area contributed by atoms with Gasteiger partial charge in [-0.15, -0.1) is 0 Å². The zero-order valence-electron chi connectivity index (χ0n) is 9.46. The molecule has 3 rings (SSSR count). The second-order valence-electron chi connectivity index (χ2n) is 4.69. The number of aromatic nitrogens is 2. The van der Waals surface area contributed by atoms with Crippen LogP contribution in [0.1, 0.15) is 25.0 Å². The van der Waals surface area contributed by atoms with Gasteiger partial charge in [0.25, 0.3) is 0 Å². The summed E-state index contributed by atoms with van der Waals surface area (Å²) in [6, 6.07) is 8.49. The predicted octanol–water partition coefficient (Wildman–Crippen LogP) is 3.99. The van der Waals surface area contributed by atoms with Crippen molar-refractivity contribution in [2.24, 2.45) is 0 Å². The van der Waals surface area contributed by atoms with E-state index in [1.54, 1.807) is 0 Å². The standard InChI is InChI=1S/C13H10I2N2/c1-13(2)7-3-5-9(14)16-11(7)12-8(13)4-6-10(15)17-12/h3-6H,1-2H3. The number of halogens is 2. The summed E-state index contributed by atoms with van der Waals surface area (Å²) in [5, 5.41) is 0. The lowest BCUT2D eigenvalue weighted by Gasteiger charge is -2.20. The van der Waals surface area contributed by atoms with Crippen molar-refractivity contribution in [3.8, 4) is 11.4 Å². The molecule has 1 aliphatic carbocycles. The van der Waals surface area contributed by atoms with E-state index in [0.29, 0.717) is 0 Å². The molecule has 0 unspecified atom stereocenters. The fourth-order valence-electron chi connectivity index (χ4n) is 2.39. The van der Waals surface area contributed by atoms with Crippen LogP contribution in [0.2, 0.25) is 0 Å². The first-order valence-corrected chi connectivity index (χ1v) is 7.50. The van der Waals surface area contributed by atoms with E-state index in [4.69, 9.17) is 0 Å². The van der Waals surface area contributed by atoms with Crippen LogP contribution < -0.4 is 0 Å². The van der Waals surface area contributed by atoms with Gasteiger partial charge < -0.3 is 0 Å². The summed E-state index contributed by atoms with van der Waals surface area (Å²) >= 11 is 4.50. The van der Waals surface area contributed by atoms with E-state index in [1.165, 1.54) is 11.1 Å². The summed E-state index contributed by atoms with van der Waals surface area (Å²) in [5.74, 6) is 0. The molecule has 17 heavy (non-hydrogen) atoms. The van der Waals surface area contributed by atoms with Crippen LogP contribution >= 0.6 is 45.2 Å². The van der Waals surface area contributed by atoms with Crippen LogP contribution in [0.4, 0.5) is 0 Å². The molecule has 4 heteroatoms. The molecular formula is C13H10I2N2. The third-order valence-corrected chi connectivity index (χ3v) is 4.50. The van der Waals surface area contributed by atoms with E-state index in [9.17, 15) is 0 Å². The van der Waals surface area contributed by atoms with Crippen molar-refractivity contribution >= 4 is 45.2 Å². The van der Waals surface area contributed by atoms with Crippen LogP contribution in [-0.4, -0.2) is 9.97 Å². The lowest BCUT2D eigenvalue weighted by Crippen LogP contribution is -2.15. The largest absolute Gasteiger partial charge is 0.240 e. The van der Waals surface area contributed by atoms with Crippen LogP contribution in [0.25, 0.3) is 11.4 Å².